The third-order valence-electron chi connectivity index (χ3n) is 4.32. The quantitative estimate of drug-likeness (QED) is 0.334. The monoisotopic (exact) mass is 396 g/mol. The molecular formula is C23H22ClO2P. The van der Waals surface area contributed by atoms with Crippen LogP contribution in [0.15, 0.2) is 104 Å². The van der Waals surface area contributed by atoms with E-state index < -0.39 is 7.26 Å². The lowest BCUT2D eigenvalue weighted by Gasteiger charge is -2.26. The van der Waals surface area contributed by atoms with E-state index in [-0.39, 0.29) is 25.0 Å². The molecule has 0 heterocycles. The third-order valence-corrected chi connectivity index (χ3v) is 8.59. The molecule has 0 aromatic heterocycles. The molecule has 0 saturated carbocycles. The van der Waals surface area contributed by atoms with E-state index in [4.69, 9.17) is 4.74 Å². The van der Waals surface area contributed by atoms with Crippen molar-refractivity contribution in [2.75, 3.05) is 12.8 Å². The number of esters is 1. The predicted octanol–water partition coefficient (Wildman–Crippen LogP) is 0.714. The van der Waals surface area contributed by atoms with Crippen LogP contribution in [0.5, 0.6) is 0 Å². The van der Waals surface area contributed by atoms with Gasteiger partial charge in [-0.15, -0.1) is 0 Å². The van der Waals surface area contributed by atoms with Gasteiger partial charge in [-0.1, -0.05) is 67.3 Å². The minimum absolute atomic E-state index is 0. The molecule has 3 aromatic carbocycles. The summed E-state index contributed by atoms with van der Waals surface area (Å²) >= 11 is 0. The molecule has 0 amide bonds. The van der Waals surface area contributed by atoms with Gasteiger partial charge >= 0.3 is 5.97 Å². The molecule has 0 N–H and O–H groups in total. The first kappa shape index (κ1) is 20.9. The Morgan fingerprint density at radius 3 is 1.48 bits per heavy atom. The second-order valence-electron chi connectivity index (χ2n) is 5.95. The van der Waals surface area contributed by atoms with Crippen LogP contribution < -0.4 is 28.3 Å². The number of rotatable bonds is 7. The van der Waals surface area contributed by atoms with Crippen molar-refractivity contribution in [3.63, 3.8) is 0 Å². The molecular weight excluding hydrogens is 375 g/mol. The van der Waals surface area contributed by atoms with Crippen molar-refractivity contribution < 1.29 is 21.9 Å². The van der Waals surface area contributed by atoms with Crippen LogP contribution in [0.1, 0.15) is 0 Å². The summed E-state index contributed by atoms with van der Waals surface area (Å²) in [5.74, 6) is -0.199. The van der Waals surface area contributed by atoms with Crippen molar-refractivity contribution in [2.24, 2.45) is 0 Å². The number of benzene rings is 3. The molecule has 138 valence electrons. The van der Waals surface area contributed by atoms with E-state index in [1.165, 1.54) is 15.9 Å². The highest BCUT2D eigenvalue weighted by molar-refractivity contribution is 7.96. The molecule has 0 saturated heterocycles. The summed E-state index contributed by atoms with van der Waals surface area (Å²) in [7, 11) is -2.16. The van der Waals surface area contributed by atoms with Gasteiger partial charge in [0.15, 0.2) is 6.16 Å². The van der Waals surface area contributed by atoms with E-state index in [1.807, 2.05) is 54.6 Å². The zero-order valence-corrected chi connectivity index (χ0v) is 16.7. The van der Waals surface area contributed by atoms with Crippen LogP contribution >= 0.6 is 7.26 Å². The van der Waals surface area contributed by atoms with Gasteiger partial charge < -0.3 is 17.1 Å². The first-order valence-corrected chi connectivity index (χ1v) is 10.6. The fourth-order valence-electron chi connectivity index (χ4n) is 3.16. The molecule has 0 spiro atoms. The van der Waals surface area contributed by atoms with Gasteiger partial charge in [-0.2, -0.15) is 0 Å². The van der Waals surface area contributed by atoms with E-state index >= 15 is 0 Å². The van der Waals surface area contributed by atoms with Crippen molar-refractivity contribution in [1.82, 2.24) is 0 Å². The summed E-state index contributed by atoms with van der Waals surface area (Å²) < 4.78 is 5.38. The highest BCUT2D eigenvalue weighted by atomic mass is 35.5. The number of halogens is 1. The summed E-state index contributed by atoms with van der Waals surface area (Å²) in [5, 5.41) is 3.52. The van der Waals surface area contributed by atoms with E-state index in [1.54, 1.807) is 6.08 Å². The second kappa shape index (κ2) is 10.1. The number of ether oxygens (including phenoxy) is 1. The van der Waals surface area contributed by atoms with Gasteiger partial charge in [0, 0.05) is 0 Å². The summed E-state index contributed by atoms with van der Waals surface area (Å²) in [6.45, 7) is 3.87. The van der Waals surface area contributed by atoms with Gasteiger partial charge in [0.1, 0.15) is 29.8 Å². The lowest BCUT2D eigenvalue weighted by Crippen LogP contribution is -3.00. The molecule has 0 bridgehead atoms. The molecule has 0 unspecified atom stereocenters. The fraction of sp³-hybridized carbons (Fsp3) is 0.0870. The first-order valence-electron chi connectivity index (χ1n) is 8.59. The van der Waals surface area contributed by atoms with Crippen LogP contribution in [0.2, 0.25) is 0 Å². The van der Waals surface area contributed by atoms with Crippen molar-refractivity contribution >= 4 is 29.1 Å². The average molecular weight is 397 g/mol. The molecule has 27 heavy (non-hydrogen) atoms. The lowest BCUT2D eigenvalue weighted by molar-refractivity contribution is -0.139. The van der Waals surface area contributed by atoms with Gasteiger partial charge in [-0.3, -0.25) is 0 Å². The standard InChI is InChI=1S/C23H22O2P.ClH/c1-2-18-25-23(24)19-26(20-12-6-3-7-13-20,21-14-8-4-9-15-21)22-16-10-5-11-17-22;/h2-17H,1,18-19H2;1H/q+1;/p-1. The molecule has 0 aliphatic carbocycles. The normalized spacial score (nSPS) is 10.5. The van der Waals surface area contributed by atoms with Crippen molar-refractivity contribution in [1.29, 1.82) is 0 Å². The molecule has 4 heteroatoms. The van der Waals surface area contributed by atoms with Crippen LogP contribution in [0.4, 0.5) is 0 Å². The van der Waals surface area contributed by atoms with Gasteiger partial charge in [-0.05, 0) is 36.4 Å². The number of hydrogen-bond acceptors (Lipinski definition) is 2. The Hall–Kier alpha value is -2.41. The zero-order valence-electron chi connectivity index (χ0n) is 15.0. The van der Waals surface area contributed by atoms with E-state index in [9.17, 15) is 4.79 Å². The van der Waals surface area contributed by atoms with Crippen LogP contribution in [0.25, 0.3) is 0 Å². The van der Waals surface area contributed by atoms with E-state index in [0.717, 1.165) is 0 Å². The summed E-state index contributed by atoms with van der Waals surface area (Å²) in [5.41, 5.74) is 0. The van der Waals surface area contributed by atoms with Crippen molar-refractivity contribution in [3.8, 4) is 0 Å². The molecule has 0 fully saturated rings. The minimum Gasteiger partial charge on any atom is -1.00 e. The molecule has 0 radical (unpaired) electrons. The average Bonchev–Trinajstić information content (AvgIpc) is 2.72. The van der Waals surface area contributed by atoms with Gasteiger partial charge in [0.05, 0.1) is 0 Å². The molecule has 0 aliphatic rings. The Morgan fingerprint density at radius 2 is 1.15 bits per heavy atom. The molecule has 0 atom stereocenters. The smallest absolute Gasteiger partial charge is 0.345 e. The summed E-state index contributed by atoms with van der Waals surface area (Å²) in [6, 6.07) is 30.9. The second-order valence-corrected chi connectivity index (χ2v) is 9.43. The minimum atomic E-state index is -2.16. The van der Waals surface area contributed by atoms with Crippen molar-refractivity contribution in [2.45, 2.75) is 0 Å². The van der Waals surface area contributed by atoms with Gasteiger partial charge in [0.2, 0.25) is 0 Å². The highest BCUT2D eigenvalue weighted by Crippen LogP contribution is 2.55. The maximum absolute atomic E-state index is 12.7. The molecule has 3 aromatic rings. The van der Waals surface area contributed by atoms with Crippen molar-refractivity contribution in [3.05, 3.63) is 104 Å². The predicted molar refractivity (Wildman–Crippen MR) is 111 cm³/mol. The Bertz CT molecular complexity index is 755. The van der Waals surface area contributed by atoms with Crippen LogP contribution in [0.3, 0.4) is 0 Å². The Balaban J connectivity index is 0.00000261. The Labute approximate surface area is 167 Å². The Morgan fingerprint density at radius 1 is 0.778 bits per heavy atom. The van der Waals surface area contributed by atoms with E-state index in [2.05, 4.69) is 43.0 Å². The summed E-state index contributed by atoms with van der Waals surface area (Å²) in [6.07, 6.45) is 1.93. The van der Waals surface area contributed by atoms with Gasteiger partial charge in [0.25, 0.3) is 0 Å². The highest BCUT2D eigenvalue weighted by Gasteiger charge is 2.47. The fourth-order valence-corrected chi connectivity index (χ4v) is 7.12. The molecule has 2 nitrogen and oxygen atoms in total. The van der Waals surface area contributed by atoms with Crippen LogP contribution in [0, 0.1) is 0 Å². The van der Waals surface area contributed by atoms with Crippen LogP contribution in [-0.2, 0) is 9.53 Å². The van der Waals surface area contributed by atoms with Gasteiger partial charge in [-0.25, -0.2) is 4.79 Å². The zero-order chi connectivity index (χ0) is 18.2. The first-order chi connectivity index (χ1) is 12.8. The SMILES string of the molecule is C=CCOC(=O)C[P+](c1ccccc1)(c1ccccc1)c1ccccc1.[Cl-]. The van der Waals surface area contributed by atoms with Crippen LogP contribution in [-0.4, -0.2) is 18.7 Å². The third kappa shape index (κ3) is 4.66. The number of carbonyl (C=O) groups excluding carboxylic acids is 1. The number of carbonyl (C=O) groups is 1. The largest absolute Gasteiger partial charge is 1.00 e. The summed E-state index contributed by atoms with van der Waals surface area (Å²) in [4.78, 5) is 12.7. The topological polar surface area (TPSA) is 26.3 Å². The molecule has 0 aliphatic heterocycles. The number of hydrogen-bond donors (Lipinski definition) is 0. The molecule has 3 rings (SSSR count). The van der Waals surface area contributed by atoms with E-state index in [0.29, 0.717) is 6.16 Å². The lowest BCUT2D eigenvalue weighted by atomic mass is 10.4. The Kier molecular flexibility index (Phi) is 7.79. The maximum Gasteiger partial charge on any atom is 0.345 e. The maximum atomic E-state index is 12.7.